The van der Waals surface area contributed by atoms with E-state index in [1.807, 2.05) is 24.3 Å². The summed E-state index contributed by atoms with van der Waals surface area (Å²) in [7, 11) is 0. The maximum Gasteiger partial charge on any atom is 0.249 e. The van der Waals surface area contributed by atoms with Gasteiger partial charge in [-0.15, -0.1) is 0 Å². The van der Waals surface area contributed by atoms with Gasteiger partial charge in [-0.1, -0.05) is 91.0 Å². The lowest BCUT2D eigenvalue weighted by molar-refractivity contribution is -0.426. The van der Waals surface area contributed by atoms with Crippen molar-refractivity contribution in [1.29, 1.82) is 0 Å². The Morgan fingerprint density at radius 3 is 1.89 bits per heavy atom. The van der Waals surface area contributed by atoms with Gasteiger partial charge in [-0.05, 0) is 23.0 Å². The molecule has 1 aliphatic rings. The highest BCUT2D eigenvalue weighted by atomic mass is 32.1. The topological polar surface area (TPSA) is 82.0 Å². The van der Waals surface area contributed by atoms with Crippen molar-refractivity contribution in [3.8, 4) is 0 Å². The number of hydrogen-bond donors (Lipinski definition) is 1. The fourth-order valence-electron chi connectivity index (χ4n) is 1.46. The molecule has 0 atom stereocenters. The molecule has 1 heterocycles. The average molecular weight is 406 g/mol. The monoisotopic (exact) mass is 405 g/mol. The van der Waals surface area contributed by atoms with Gasteiger partial charge >= 0.3 is 0 Å². The van der Waals surface area contributed by atoms with Crippen LogP contribution < -0.4 is 5.73 Å². The normalized spacial score (nSPS) is 12.6. The largest absolute Gasteiger partial charge is 0.375 e. The van der Waals surface area contributed by atoms with E-state index in [9.17, 15) is 10.1 Å². The molecular formula is C22H35N3O2S. The molecule has 6 heteroatoms. The van der Waals surface area contributed by atoms with Crippen LogP contribution in [0.1, 0.15) is 61.8 Å². The lowest BCUT2D eigenvalue weighted by atomic mass is 10.0. The lowest BCUT2D eigenvalue weighted by Crippen LogP contribution is -1.93. The van der Waals surface area contributed by atoms with Gasteiger partial charge in [0.2, 0.25) is 5.70 Å². The number of anilines is 1. The van der Waals surface area contributed by atoms with E-state index < -0.39 is 0 Å². The summed E-state index contributed by atoms with van der Waals surface area (Å²) >= 11 is 1.52. The van der Waals surface area contributed by atoms with E-state index in [2.05, 4.69) is 60.4 Å². The van der Waals surface area contributed by atoms with Crippen LogP contribution >= 0.6 is 11.3 Å². The molecule has 0 saturated heterocycles. The molecule has 0 fully saturated rings. The Kier molecular flexibility index (Phi) is 10.7. The van der Waals surface area contributed by atoms with Gasteiger partial charge in [0.1, 0.15) is 0 Å². The molecule has 2 N–H and O–H groups in total. The highest BCUT2D eigenvalue weighted by molar-refractivity contribution is 7.22. The summed E-state index contributed by atoms with van der Waals surface area (Å²) in [5, 5.41) is 10.5. The molecule has 28 heavy (non-hydrogen) atoms. The Morgan fingerprint density at radius 2 is 1.54 bits per heavy atom. The number of allylic oxidation sites excluding steroid dienone is 3. The van der Waals surface area contributed by atoms with Crippen LogP contribution in [0.25, 0.3) is 10.2 Å². The third-order valence-corrected chi connectivity index (χ3v) is 3.16. The van der Waals surface area contributed by atoms with Gasteiger partial charge in [0.15, 0.2) is 5.13 Å². The van der Waals surface area contributed by atoms with Gasteiger partial charge in [0, 0.05) is 6.08 Å². The summed E-state index contributed by atoms with van der Waals surface area (Å²) in [6.07, 6.45) is 5.45. The second kappa shape index (κ2) is 11.6. The molecular weight excluding hydrogens is 370 g/mol. The van der Waals surface area contributed by atoms with Crippen LogP contribution in [-0.4, -0.2) is 9.91 Å². The fourth-order valence-corrected chi connectivity index (χ4v) is 2.20. The second-order valence-electron chi connectivity index (χ2n) is 9.57. The van der Waals surface area contributed by atoms with E-state index in [1.165, 1.54) is 17.4 Å². The van der Waals surface area contributed by atoms with Crippen molar-refractivity contribution in [2.24, 2.45) is 10.8 Å². The Balaban J connectivity index is 0.000000367. The van der Waals surface area contributed by atoms with Crippen LogP contribution in [0.4, 0.5) is 5.13 Å². The molecule has 1 aromatic carbocycles. The zero-order valence-electron chi connectivity index (χ0n) is 18.4. The summed E-state index contributed by atoms with van der Waals surface area (Å²) in [4.78, 5) is 13.6. The first-order chi connectivity index (χ1) is 12.7. The highest BCUT2D eigenvalue weighted by Gasteiger charge is 2.09. The van der Waals surface area contributed by atoms with Crippen molar-refractivity contribution in [2.75, 3.05) is 5.73 Å². The first-order valence-electron chi connectivity index (χ1n) is 9.28. The third kappa shape index (κ3) is 16.0. The van der Waals surface area contributed by atoms with Crippen molar-refractivity contribution in [3.05, 3.63) is 58.3 Å². The third-order valence-electron chi connectivity index (χ3n) is 2.30. The van der Waals surface area contributed by atoms with Crippen molar-refractivity contribution < 1.29 is 4.92 Å². The standard InChI is InChI=1S/C7H6N2S.C5H5NO2.2C5H12/c8-7-9-5-3-1-2-4-6(5)10-7;7-6(8)5-3-1-2-4-5;2*1-5(2,3)4/h1-4H,(H2,8,9);1-3H,4H2;2*1-4H3. The maximum atomic E-state index is 9.90. The fraction of sp³-hybridized carbons (Fsp3) is 0.500. The summed E-state index contributed by atoms with van der Waals surface area (Å²) in [6.45, 7) is 17.5. The number of rotatable bonds is 1. The average Bonchev–Trinajstić information content (AvgIpc) is 3.12. The van der Waals surface area contributed by atoms with Crippen molar-refractivity contribution in [2.45, 2.75) is 61.8 Å². The molecule has 156 valence electrons. The number of nitrogens with zero attached hydrogens (tertiary/aromatic N) is 2. The molecule has 3 rings (SSSR count). The van der Waals surface area contributed by atoms with Gasteiger partial charge in [-0.25, -0.2) is 4.98 Å². The number of para-hydroxylation sites is 1. The zero-order chi connectivity index (χ0) is 22.0. The Bertz CT molecular complexity index is 737. The smallest absolute Gasteiger partial charge is 0.249 e. The summed E-state index contributed by atoms with van der Waals surface area (Å²) < 4.78 is 1.15. The van der Waals surface area contributed by atoms with E-state index in [0.29, 0.717) is 22.4 Å². The van der Waals surface area contributed by atoms with Gasteiger partial charge in [0.05, 0.1) is 21.6 Å². The predicted octanol–water partition coefficient (Wildman–Crippen LogP) is 7.09. The molecule has 0 aliphatic heterocycles. The minimum atomic E-state index is -0.361. The summed E-state index contributed by atoms with van der Waals surface area (Å²) in [5.74, 6) is 0. The van der Waals surface area contributed by atoms with Gasteiger partial charge in [0.25, 0.3) is 0 Å². The van der Waals surface area contributed by atoms with Gasteiger partial charge in [-0.3, -0.25) is 10.1 Å². The summed E-state index contributed by atoms with van der Waals surface area (Å²) in [6, 6.07) is 7.92. The molecule has 0 radical (unpaired) electrons. The number of fused-ring (bicyclic) bond motifs is 1. The van der Waals surface area contributed by atoms with Crippen LogP contribution in [-0.2, 0) is 0 Å². The van der Waals surface area contributed by atoms with Crippen LogP contribution in [0.15, 0.2) is 48.2 Å². The first-order valence-corrected chi connectivity index (χ1v) is 10.1. The number of nitro groups is 1. The number of hydrogen-bond acceptors (Lipinski definition) is 5. The molecule has 0 bridgehead atoms. The number of nitrogens with two attached hydrogens (primary N) is 1. The molecule has 0 saturated carbocycles. The zero-order valence-corrected chi connectivity index (χ0v) is 19.3. The molecule has 0 amide bonds. The van der Waals surface area contributed by atoms with Gasteiger partial charge in [-0.2, -0.15) is 0 Å². The summed E-state index contributed by atoms with van der Waals surface area (Å²) in [5.41, 5.74) is 7.77. The minimum absolute atomic E-state index is 0.282. The van der Waals surface area contributed by atoms with Crippen molar-refractivity contribution in [1.82, 2.24) is 4.98 Å². The number of benzene rings is 1. The first kappa shape index (κ1) is 25.8. The molecule has 2 aromatic rings. The number of aromatic nitrogens is 1. The molecule has 5 nitrogen and oxygen atoms in total. The SMILES string of the molecule is CC(C)(C)C.CC(C)(C)C.Nc1nc2ccccc2s1.O=[N+]([O-])C1=CC=CC1. The van der Waals surface area contributed by atoms with Crippen LogP contribution in [0.5, 0.6) is 0 Å². The van der Waals surface area contributed by atoms with Crippen LogP contribution in [0.2, 0.25) is 0 Å². The maximum absolute atomic E-state index is 9.90. The second-order valence-corrected chi connectivity index (χ2v) is 10.6. The van der Waals surface area contributed by atoms with E-state index in [4.69, 9.17) is 5.73 Å². The molecule has 0 spiro atoms. The van der Waals surface area contributed by atoms with Crippen molar-refractivity contribution >= 4 is 26.7 Å². The number of thiazole rings is 1. The Morgan fingerprint density at radius 1 is 1.04 bits per heavy atom. The van der Waals surface area contributed by atoms with E-state index in [0.717, 1.165) is 10.2 Å². The van der Waals surface area contributed by atoms with E-state index in [1.54, 1.807) is 12.2 Å². The molecule has 1 aliphatic carbocycles. The van der Waals surface area contributed by atoms with E-state index >= 15 is 0 Å². The predicted molar refractivity (Wildman–Crippen MR) is 123 cm³/mol. The van der Waals surface area contributed by atoms with Crippen molar-refractivity contribution in [3.63, 3.8) is 0 Å². The Labute approximate surface area is 173 Å². The van der Waals surface area contributed by atoms with Crippen LogP contribution in [0, 0.1) is 20.9 Å². The Hall–Kier alpha value is -2.21. The number of nitrogen functional groups attached to an aromatic ring is 1. The molecule has 1 aromatic heterocycles. The molecule has 0 unspecified atom stereocenters. The van der Waals surface area contributed by atoms with Crippen LogP contribution in [0.3, 0.4) is 0 Å². The van der Waals surface area contributed by atoms with Gasteiger partial charge < -0.3 is 5.73 Å². The minimum Gasteiger partial charge on any atom is -0.375 e. The quantitative estimate of drug-likeness (QED) is 0.405. The lowest BCUT2D eigenvalue weighted by Gasteiger charge is -2.05. The highest BCUT2D eigenvalue weighted by Crippen LogP contribution is 2.22. The van der Waals surface area contributed by atoms with E-state index in [-0.39, 0.29) is 10.6 Å².